The summed E-state index contributed by atoms with van der Waals surface area (Å²) in [7, 11) is 0. The Morgan fingerprint density at radius 3 is 1.85 bits per heavy atom. The third kappa shape index (κ3) is 3.76. The summed E-state index contributed by atoms with van der Waals surface area (Å²) in [4.78, 5) is 21.7. The molecule has 3 rings (SSSR count). The van der Waals surface area contributed by atoms with E-state index >= 15 is 0 Å². The lowest BCUT2D eigenvalue weighted by atomic mass is 10.1. The van der Waals surface area contributed by atoms with Gasteiger partial charge in [0.2, 0.25) is 0 Å². The third-order valence-corrected chi connectivity index (χ3v) is 4.57. The van der Waals surface area contributed by atoms with E-state index < -0.39 is 12.2 Å². The van der Waals surface area contributed by atoms with E-state index in [1.807, 2.05) is 12.1 Å². The van der Waals surface area contributed by atoms with Gasteiger partial charge in [-0.3, -0.25) is 0 Å². The van der Waals surface area contributed by atoms with E-state index in [1.54, 1.807) is 26.2 Å². The molecule has 4 atom stereocenters. The van der Waals surface area contributed by atoms with Gasteiger partial charge in [0.1, 0.15) is 23.8 Å². The fourth-order valence-electron chi connectivity index (χ4n) is 3.41. The fraction of sp³-hybridized carbons (Fsp3) is 0.556. The molecule has 2 N–H and O–H groups in total. The Hall–Kier alpha value is -2.32. The number of aromatic nitrogens is 4. The molecule has 1 aliphatic rings. The smallest absolute Gasteiger partial charge is 0.158 e. The van der Waals surface area contributed by atoms with Crippen LogP contribution in [0, 0.1) is 0 Å². The summed E-state index contributed by atoms with van der Waals surface area (Å²) in [5.41, 5.74) is 0. The van der Waals surface area contributed by atoms with Crippen LogP contribution in [-0.2, 0) is 0 Å². The first kappa shape index (κ1) is 18.5. The number of anilines is 2. The van der Waals surface area contributed by atoms with Gasteiger partial charge in [0.25, 0.3) is 0 Å². The quantitative estimate of drug-likeness (QED) is 0.848. The molecule has 2 aromatic rings. The van der Waals surface area contributed by atoms with Crippen LogP contribution in [0.2, 0.25) is 0 Å². The summed E-state index contributed by atoms with van der Waals surface area (Å²) < 4.78 is 0. The number of aliphatic hydroxyl groups is 2. The highest BCUT2D eigenvalue weighted by molar-refractivity contribution is 5.47. The molecule has 3 heterocycles. The molecule has 140 valence electrons. The Kier molecular flexibility index (Phi) is 5.33. The summed E-state index contributed by atoms with van der Waals surface area (Å²) in [5.74, 6) is 2.51. The minimum atomic E-state index is -0.693. The Balaban J connectivity index is 1.81. The molecule has 0 saturated carbocycles. The van der Waals surface area contributed by atoms with Crippen molar-refractivity contribution in [3.8, 4) is 0 Å². The van der Waals surface area contributed by atoms with E-state index in [0.717, 1.165) is 24.7 Å². The number of rotatable bonds is 4. The zero-order valence-electron chi connectivity index (χ0n) is 15.6. The second kappa shape index (κ2) is 7.51. The van der Waals surface area contributed by atoms with Crippen molar-refractivity contribution in [2.75, 3.05) is 22.9 Å². The molecule has 0 aromatic carbocycles. The van der Waals surface area contributed by atoms with Crippen LogP contribution in [0.15, 0.2) is 24.5 Å². The van der Waals surface area contributed by atoms with E-state index in [0.29, 0.717) is 11.6 Å². The van der Waals surface area contributed by atoms with Gasteiger partial charge in [-0.05, 0) is 39.8 Å². The Morgan fingerprint density at radius 2 is 1.35 bits per heavy atom. The largest absolute Gasteiger partial charge is 0.385 e. The number of hydrogen-bond donors (Lipinski definition) is 2. The second-order valence-electron chi connectivity index (χ2n) is 6.91. The monoisotopic (exact) mass is 358 g/mol. The van der Waals surface area contributed by atoms with Crippen LogP contribution in [0.25, 0.3) is 0 Å². The molecule has 1 aliphatic heterocycles. The first-order chi connectivity index (χ1) is 12.4. The lowest BCUT2D eigenvalue weighted by molar-refractivity contribution is 0.188. The van der Waals surface area contributed by atoms with Gasteiger partial charge >= 0.3 is 0 Å². The highest BCUT2D eigenvalue weighted by Crippen LogP contribution is 2.26. The molecular weight excluding hydrogens is 332 g/mol. The summed E-state index contributed by atoms with van der Waals surface area (Å²) in [6.07, 6.45) is 1.99. The molecule has 1 saturated heterocycles. The first-order valence-corrected chi connectivity index (χ1v) is 8.92. The van der Waals surface area contributed by atoms with Gasteiger partial charge in [0.15, 0.2) is 11.6 Å². The molecule has 2 aromatic heterocycles. The van der Waals surface area contributed by atoms with E-state index in [2.05, 4.69) is 43.6 Å². The van der Waals surface area contributed by atoms with E-state index in [-0.39, 0.29) is 12.1 Å². The summed E-state index contributed by atoms with van der Waals surface area (Å²) in [6, 6.07) is 4.14. The molecule has 0 radical (unpaired) electrons. The predicted octanol–water partition coefficient (Wildman–Crippen LogP) is 1.48. The highest BCUT2D eigenvalue weighted by atomic mass is 16.3. The average Bonchev–Trinajstić information content (AvgIpc) is 2.61. The lowest BCUT2D eigenvalue weighted by Gasteiger charge is -2.45. The zero-order valence-corrected chi connectivity index (χ0v) is 15.6. The molecule has 0 amide bonds. The lowest BCUT2D eigenvalue weighted by Crippen LogP contribution is -2.57. The molecule has 26 heavy (non-hydrogen) atoms. The molecular formula is C18H26N6O2. The summed E-state index contributed by atoms with van der Waals surface area (Å²) >= 11 is 0. The minimum absolute atomic E-state index is 0.195. The van der Waals surface area contributed by atoms with Crippen LogP contribution < -0.4 is 9.80 Å². The van der Waals surface area contributed by atoms with Crippen molar-refractivity contribution in [1.82, 2.24) is 19.9 Å². The van der Waals surface area contributed by atoms with Crippen LogP contribution in [0.3, 0.4) is 0 Å². The van der Waals surface area contributed by atoms with E-state index in [4.69, 9.17) is 0 Å². The molecule has 0 unspecified atom stereocenters. The average molecular weight is 358 g/mol. The number of aliphatic hydroxyl groups excluding tert-OH is 2. The van der Waals surface area contributed by atoms with Crippen LogP contribution in [-0.4, -0.2) is 55.3 Å². The van der Waals surface area contributed by atoms with Gasteiger partial charge in [-0.2, -0.15) is 0 Å². The van der Waals surface area contributed by atoms with Crippen LogP contribution in [0.5, 0.6) is 0 Å². The molecule has 0 bridgehead atoms. The van der Waals surface area contributed by atoms with Gasteiger partial charge in [-0.25, -0.2) is 19.9 Å². The van der Waals surface area contributed by atoms with Gasteiger partial charge in [-0.1, -0.05) is 0 Å². The van der Waals surface area contributed by atoms with E-state index in [1.165, 1.54) is 0 Å². The normalized spacial score (nSPS) is 23.0. The fourth-order valence-corrected chi connectivity index (χ4v) is 3.41. The summed E-state index contributed by atoms with van der Waals surface area (Å²) in [5, 5.41) is 19.5. The topological polar surface area (TPSA) is 98.5 Å². The highest BCUT2D eigenvalue weighted by Gasteiger charge is 2.31. The predicted molar refractivity (Wildman–Crippen MR) is 98.9 cm³/mol. The number of nitrogens with zero attached hydrogens (tertiary/aromatic N) is 6. The van der Waals surface area contributed by atoms with Crippen molar-refractivity contribution in [1.29, 1.82) is 0 Å². The van der Waals surface area contributed by atoms with Crippen molar-refractivity contribution in [2.24, 2.45) is 0 Å². The Morgan fingerprint density at radius 1 is 0.885 bits per heavy atom. The molecule has 0 aliphatic carbocycles. The summed E-state index contributed by atoms with van der Waals surface area (Å²) in [6.45, 7) is 9.16. The van der Waals surface area contributed by atoms with Crippen molar-refractivity contribution in [3.05, 3.63) is 36.2 Å². The van der Waals surface area contributed by atoms with E-state index in [9.17, 15) is 10.2 Å². The van der Waals surface area contributed by atoms with Crippen molar-refractivity contribution >= 4 is 11.6 Å². The van der Waals surface area contributed by atoms with Gasteiger partial charge in [-0.15, -0.1) is 0 Å². The molecule has 8 heteroatoms. The minimum Gasteiger partial charge on any atom is -0.385 e. The number of piperazine rings is 1. The maximum absolute atomic E-state index is 9.75. The number of hydrogen-bond acceptors (Lipinski definition) is 8. The van der Waals surface area contributed by atoms with Crippen molar-refractivity contribution < 1.29 is 10.2 Å². The molecule has 1 fully saturated rings. The zero-order chi connectivity index (χ0) is 18.8. The van der Waals surface area contributed by atoms with Crippen molar-refractivity contribution in [2.45, 2.75) is 52.0 Å². The Labute approximate surface area is 153 Å². The van der Waals surface area contributed by atoms with Gasteiger partial charge < -0.3 is 20.0 Å². The standard InChI is InChI=1S/C18H26N6O2/c1-11-9-23(15-5-7-19-17(21-15)13(3)25)10-12(2)24(11)16-6-8-20-18(22-16)14(4)26/h5-8,11-14,25-26H,9-10H2,1-4H3/t11-,12-,13-,14-/m1/s1. The van der Waals surface area contributed by atoms with Gasteiger partial charge in [0.05, 0.1) is 0 Å². The Bertz CT molecular complexity index is 742. The third-order valence-electron chi connectivity index (χ3n) is 4.57. The van der Waals surface area contributed by atoms with Crippen molar-refractivity contribution in [3.63, 3.8) is 0 Å². The first-order valence-electron chi connectivity index (χ1n) is 8.92. The SMILES string of the molecule is C[C@@H]1CN(c2ccnc([C@@H](C)O)n2)C[C@@H](C)N1c1ccnc([C@@H](C)O)n1. The maximum Gasteiger partial charge on any atom is 0.158 e. The molecule has 0 spiro atoms. The van der Waals surface area contributed by atoms with Crippen LogP contribution >= 0.6 is 0 Å². The second-order valence-corrected chi connectivity index (χ2v) is 6.91. The maximum atomic E-state index is 9.75. The van der Waals surface area contributed by atoms with Crippen LogP contribution in [0.1, 0.15) is 51.6 Å². The van der Waals surface area contributed by atoms with Crippen LogP contribution in [0.4, 0.5) is 11.6 Å². The van der Waals surface area contributed by atoms with Gasteiger partial charge in [0, 0.05) is 37.6 Å². The molecule has 8 nitrogen and oxygen atoms in total.